The van der Waals surface area contributed by atoms with Crippen molar-refractivity contribution < 1.29 is 48.8 Å². The SMILES string of the molecule is CO[C@H]1O[C@H](CNC2=N[C@@H]3[C@H](O2)[C@@H](O)[C@H](O)[C@]3(O)CO)[C@@H](OCc2ccccc2)[C@H](OCc2ccccc2)[C@H]1OCc1ccccc1. The van der Waals surface area contributed by atoms with Crippen LogP contribution in [0.2, 0.25) is 0 Å². The lowest BCUT2D eigenvalue weighted by molar-refractivity contribution is -0.316. The third-order valence-electron chi connectivity index (χ3n) is 8.89. The summed E-state index contributed by atoms with van der Waals surface area (Å²) in [6, 6.07) is 28.3. The highest BCUT2D eigenvalue weighted by molar-refractivity contribution is 5.76. The highest BCUT2D eigenvalue weighted by atomic mass is 16.7. The van der Waals surface area contributed by atoms with Gasteiger partial charge in [-0.1, -0.05) is 91.0 Å². The quantitative estimate of drug-likeness (QED) is 0.181. The zero-order valence-corrected chi connectivity index (χ0v) is 26.1. The van der Waals surface area contributed by atoms with E-state index in [0.29, 0.717) is 6.61 Å². The molecule has 10 atom stereocenters. The number of aliphatic hydroxyl groups is 4. The summed E-state index contributed by atoms with van der Waals surface area (Å²) in [6.07, 6.45) is -7.56. The fraction of sp³-hybridized carbons (Fsp3) is 0.457. The fourth-order valence-corrected chi connectivity index (χ4v) is 6.29. The number of ether oxygens (including phenoxy) is 6. The van der Waals surface area contributed by atoms with E-state index in [1.54, 1.807) is 7.11 Å². The van der Waals surface area contributed by atoms with E-state index in [-0.39, 0.29) is 25.8 Å². The average Bonchev–Trinajstić information content (AvgIpc) is 3.63. The predicted molar refractivity (Wildman–Crippen MR) is 169 cm³/mol. The first-order valence-corrected chi connectivity index (χ1v) is 15.7. The topological polar surface area (TPSA) is 161 Å². The molecule has 12 heteroatoms. The van der Waals surface area contributed by atoms with Crippen molar-refractivity contribution in [2.24, 2.45) is 4.99 Å². The molecule has 2 fully saturated rings. The van der Waals surface area contributed by atoms with Gasteiger partial charge in [-0.05, 0) is 16.7 Å². The second-order valence-electron chi connectivity index (χ2n) is 12.0. The molecule has 3 aromatic carbocycles. The Hall–Kier alpha value is -3.43. The van der Waals surface area contributed by atoms with Gasteiger partial charge in [-0.3, -0.25) is 0 Å². The van der Waals surface area contributed by atoms with Gasteiger partial charge in [0.15, 0.2) is 12.4 Å². The van der Waals surface area contributed by atoms with E-state index in [1.165, 1.54) is 0 Å². The summed E-state index contributed by atoms with van der Waals surface area (Å²) in [7, 11) is 1.54. The Morgan fingerprint density at radius 1 is 0.766 bits per heavy atom. The van der Waals surface area contributed by atoms with E-state index < -0.39 is 67.3 Å². The van der Waals surface area contributed by atoms with Crippen LogP contribution in [0.15, 0.2) is 96.0 Å². The summed E-state index contributed by atoms with van der Waals surface area (Å²) in [5, 5.41) is 44.5. The van der Waals surface area contributed by atoms with Crippen LogP contribution in [0.4, 0.5) is 0 Å². The van der Waals surface area contributed by atoms with Crippen molar-refractivity contribution in [1.29, 1.82) is 0 Å². The maximum Gasteiger partial charge on any atom is 0.285 e. The second-order valence-corrected chi connectivity index (χ2v) is 12.0. The van der Waals surface area contributed by atoms with Crippen molar-refractivity contribution in [2.75, 3.05) is 20.3 Å². The molecule has 12 nitrogen and oxygen atoms in total. The van der Waals surface area contributed by atoms with Crippen LogP contribution < -0.4 is 5.32 Å². The minimum Gasteiger partial charge on any atom is -0.457 e. The number of hydrogen-bond acceptors (Lipinski definition) is 12. The number of fused-ring (bicyclic) bond motifs is 1. The van der Waals surface area contributed by atoms with Crippen molar-refractivity contribution in [2.45, 2.75) is 80.5 Å². The molecule has 6 rings (SSSR count). The number of rotatable bonds is 13. The lowest BCUT2D eigenvalue weighted by Crippen LogP contribution is -2.62. The van der Waals surface area contributed by atoms with Crippen LogP contribution in [0.3, 0.4) is 0 Å². The van der Waals surface area contributed by atoms with Crippen LogP contribution >= 0.6 is 0 Å². The van der Waals surface area contributed by atoms with Gasteiger partial charge in [-0.15, -0.1) is 0 Å². The molecule has 0 unspecified atom stereocenters. The molecule has 3 aromatic rings. The largest absolute Gasteiger partial charge is 0.457 e. The summed E-state index contributed by atoms with van der Waals surface area (Å²) in [5.74, 6) is 0. The van der Waals surface area contributed by atoms with Gasteiger partial charge in [-0.2, -0.15) is 0 Å². The highest BCUT2D eigenvalue weighted by Gasteiger charge is 2.63. The van der Waals surface area contributed by atoms with Crippen molar-refractivity contribution in [3.8, 4) is 0 Å². The van der Waals surface area contributed by atoms with E-state index in [2.05, 4.69) is 10.3 Å². The minimum atomic E-state index is -2.04. The molecule has 1 saturated heterocycles. The Labute approximate surface area is 273 Å². The molecule has 0 bridgehead atoms. The summed E-state index contributed by atoms with van der Waals surface area (Å²) < 4.78 is 37.7. The monoisotopic (exact) mass is 650 g/mol. The standard InChI is InChI=1S/C35H42N2O10/c1-42-33-30(45-20-24-15-9-4-10-16-24)29(44-19-23-13-7-3-8-14-23)27(43-18-22-11-5-2-6-12-22)25(46-33)17-36-34-37-31-28(47-34)26(39)32(40)35(31,41)21-38/h2-16,25-33,38-41H,17-21H2,1H3,(H,36,37)/t25-,26-,27-,28-,29+,30-,31-,32+,33+,35+/m1/s1. The first kappa shape index (κ1) is 33.5. The molecule has 5 N–H and O–H groups in total. The van der Waals surface area contributed by atoms with Gasteiger partial charge in [0.05, 0.1) is 26.4 Å². The summed E-state index contributed by atoms with van der Waals surface area (Å²) in [5.41, 5.74) is 0.871. The third kappa shape index (κ3) is 7.36. The van der Waals surface area contributed by atoms with Crippen molar-refractivity contribution >= 4 is 6.02 Å². The third-order valence-corrected chi connectivity index (χ3v) is 8.89. The highest BCUT2D eigenvalue weighted by Crippen LogP contribution is 2.38. The summed E-state index contributed by atoms with van der Waals surface area (Å²) in [6.45, 7) is 0.175. The maximum atomic E-state index is 10.8. The number of nitrogens with zero attached hydrogens (tertiary/aromatic N) is 1. The number of methoxy groups -OCH3 is 1. The number of aliphatic imine (C=N–C) groups is 1. The number of hydrogen-bond donors (Lipinski definition) is 5. The minimum absolute atomic E-state index is 0.0291. The van der Waals surface area contributed by atoms with E-state index in [9.17, 15) is 20.4 Å². The van der Waals surface area contributed by atoms with Crippen LogP contribution in [0.5, 0.6) is 0 Å². The predicted octanol–water partition coefficient (Wildman–Crippen LogP) is 1.29. The summed E-state index contributed by atoms with van der Waals surface area (Å²) >= 11 is 0. The fourth-order valence-electron chi connectivity index (χ4n) is 6.29. The summed E-state index contributed by atoms with van der Waals surface area (Å²) in [4.78, 5) is 4.36. The molecule has 2 heterocycles. The van der Waals surface area contributed by atoms with E-state index >= 15 is 0 Å². The molecular weight excluding hydrogens is 608 g/mol. The molecule has 2 aliphatic heterocycles. The van der Waals surface area contributed by atoms with Gasteiger partial charge in [0.25, 0.3) is 6.02 Å². The Kier molecular flexibility index (Phi) is 10.8. The lowest BCUT2D eigenvalue weighted by atomic mass is 9.97. The Morgan fingerprint density at radius 2 is 1.28 bits per heavy atom. The molecule has 47 heavy (non-hydrogen) atoms. The van der Waals surface area contributed by atoms with Crippen LogP contribution in [0, 0.1) is 0 Å². The van der Waals surface area contributed by atoms with E-state index in [0.717, 1.165) is 16.7 Å². The van der Waals surface area contributed by atoms with Gasteiger partial charge in [-0.25, -0.2) is 4.99 Å². The van der Waals surface area contributed by atoms with E-state index in [1.807, 2.05) is 91.0 Å². The Morgan fingerprint density at radius 3 is 1.79 bits per heavy atom. The van der Waals surface area contributed by atoms with Gasteiger partial charge in [0.2, 0.25) is 0 Å². The number of aliphatic hydroxyl groups excluding tert-OH is 3. The molecule has 0 aromatic heterocycles. The van der Waals surface area contributed by atoms with Crippen LogP contribution in [-0.4, -0.2) is 107 Å². The van der Waals surface area contributed by atoms with Crippen LogP contribution in [0.25, 0.3) is 0 Å². The first-order chi connectivity index (χ1) is 22.9. The maximum absolute atomic E-state index is 10.8. The molecule has 3 aliphatic rings. The van der Waals surface area contributed by atoms with Crippen molar-refractivity contribution in [3.05, 3.63) is 108 Å². The molecule has 252 valence electrons. The molecule has 0 amide bonds. The zero-order chi connectivity index (χ0) is 32.8. The number of benzene rings is 3. The molecule has 1 saturated carbocycles. The molecule has 0 radical (unpaired) electrons. The zero-order valence-electron chi connectivity index (χ0n) is 26.1. The van der Waals surface area contributed by atoms with Crippen molar-refractivity contribution in [1.82, 2.24) is 5.32 Å². The van der Waals surface area contributed by atoms with Gasteiger partial charge >= 0.3 is 0 Å². The molecule has 1 aliphatic carbocycles. The lowest BCUT2D eigenvalue weighted by Gasteiger charge is -2.45. The Balaban J connectivity index is 1.25. The van der Waals surface area contributed by atoms with Gasteiger partial charge < -0.3 is 54.2 Å². The Bertz CT molecular complexity index is 1430. The smallest absolute Gasteiger partial charge is 0.285 e. The van der Waals surface area contributed by atoms with Gasteiger partial charge in [0.1, 0.15) is 48.3 Å². The number of nitrogens with one attached hydrogen (secondary N) is 1. The van der Waals surface area contributed by atoms with Crippen LogP contribution in [-0.2, 0) is 48.2 Å². The first-order valence-electron chi connectivity index (χ1n) is 15.7. The second kappa shape index (κ2) is 15.2. The van der Waals surface area contributed by atoms with Crippen LogP contribution in [0.1, 0.15) is 16.7 Å². The molecular formula is C35H42N2O10. The normalized spacial score (nSPS) is 33.2. The molecule has 0 spiro atoms. The number of amidine groups is 1. The van der Waals surface area contributed by atoms with Crippen molar-refractivity contribution in [3.63, 3.8) is 0 Å². The average molecular weight is 651 g/mol. The van der Waals surface area contributed by atoms with Gasteiger partial charge in [0, 0.05) is 13.7 Å². The van der Waals surface area contributed by atoms with E-state index in [4.69, 9.17) is 28.4 Å².